The zero-order chi connectivity index (χ0) is 9.19. The summed E-state index contributed by atoms with van der Waals surface area (Å²) in [7, 11) is 0. The maximum absolute atomic E-state index is 5.87. The summed E-state index contributed by atoms with van der Waals surface area (Å²) in [4.78, 5) is 0. The second-order valence-corrected chi connectivity index (χ2v) is 4.03. The van der Waals surface area contributed by atoms with Crippen molar-refractivity contribution in [1.29, 1.82) is 0 Å². The van der Waals surface area contributed by atoms with Gasteiger partial charge in [0.25, 0.3) is 0 Å². The van der Waals surface area contributed by atoms with Crippen molar-refractivity contribution in [3.63, 3.8) is 0 Å². The van der Waals surface area contributed by atoms with Crippen LogP contribution in [0, 0.1) is 0 Å². The van der Waals surface area contributed by atoms with E-state index in [1.165, 1.54) is 5.56 Å². The van der Waals surface area contributed by atoms with Gasteiger partial charge in [0.15, 0.2) is 0 Å². The molecule has 1 aromatic carbocycles. The van der Waals surface area contributed by atoms with Crippen molar-refractivity contribution in [1.82, 2.24) is 0 Å². The highest BCUT2D eigenvalue weighted by Gasteiger charge is 2.17. The summed E-state index contributed by atoms with van der Waals surface area (Å²) in [6.07, 6.45) is 0. The van der Waals surface area contributed by atoms with Crippen LogP contribution in [0.1, 0.15) is 19.4 Å². The monoisotopic (exact) mass is 183 g/mol. The van der Waals surface area contributed by atoms with E-state index in [1.54, 1.807) is 0 Å². The van der Waals surface area contributed by atoms with E-state index >= 15 is 0 Å². The summed E-state index contributed by atoms with van der Waals surface area (Å²) in [6, 6.07) is 7.85. The normalized spacial score (nSPS) is 11.7. The third-order valence-electron chi connectivity index (χ3n) is 2.12. The Hall–Kier alpha value is -0.530. The Morgan fingerprint density at radius 1 is 1.42 bits per heavy atom. The molecular weight excluding hydrogens is 170 g/mol. The Kier molecular flexibility index (Phi) is 2.76. The largest absolute Gasteiger partial charge is 0.330 e. The van der Waals surface area contributed by atoms with E-state index in [4.69, 9.17) is 17.3 Å². The summed E-state index contributed by atoms with van der Waals surface area (Å²) >= 11 is 5.87. The first-order valence-corrected chi connectivity index (χ1v) is 4.40. The molecule has 0 fully saturated rings. The fourth-order valence-corrected chi connectivity index (χ4v) is 1.22. The molecule has 1 nitrogen and oxygen atoms in total. The number of benzene rings is 1. The second kappa shape index (κ2) is 3.46. The van der Waals surface area contributed by atoms with Gasteiger partial charge in [-0.05, 0) is 17.7 Å². The van der Waals surface area contributed by atoms with Crippen LogP contribution in [0.4, 0.5) is 0 Å². The van der Waals surface area contributed by atoms with E-state index < -0.39 is 0 Å². The molecule has 0 heterocycles. The third kappa shape index (κ3) is 1.99. The van der Waals surface area contributed by atoms with Crippen molar-refractivity contribution in [3.05, 3.63) is 34.9 Å². The molecule has 12 heavy (non-hydrogen) atoms. The average molecular weight is 184 g/mol. The van der Waals surface area contributed by atoms with Crippen molar-refractivity contribution in [3.8, 4) is 0 Å². The van der Waals surface area contributed by atoms with E-state index in [9.17, 15) is 0 Å². The smallest absolute Gasteiger partial charge is 0.0408 e. The van der Waals surface area contributed by atoms with E-state index in [-0.39, 0.29) is 5.41 Å². The summed E-state index contributed by atoms with van der Waals surface area (Å²) < 4.78 is 0. The van der Waals surface area contributed by atoms with Crippen LogP contribution >= 0.6 is 11.6 Å². The van der Waals surface area contributed by atoms with Gasteiger partial charge in [-0.1, -0.05) is 37.6 Å². The SMILES string of the molecule is CC(C)(CN)c1cccc(Cl)c1. The molecule has 0 radical (unpaired) electrons. The van der Waals surface area contributed by atoms with E-state index in [2.05, 4.69) is 19.9 Å². The highest BCUT2D eigenvalue weighted by atomic mass is 35.5. The molecule has 66 valence electrons. The first kappa shape index (κ1) is 9.56. The van der Waals surface area contributed by atoms with Crippen LogP contribution in [0.5, 0.6) is 0 Å². The summed E-state index contributed by atoms with van der Waals surface area (Å²) in [5.74, 6) is 0. The lowest BCUT2D eigenvalue weighted by Gasteiger charge is -2.22. The number of nitrogens with two attached hydrogens (primary N) is 1. The summed E-state index contributed by atoms with van der Waals surface area (Å²) in [6.45, 7) is 4.85. The van der Waals surface area contributed by atoms with Crippen molar-refractivity contribution >= 4 is 11.6 Å². The quantitative estimate of drug-likeness (QED) is 0.750. The number of hydrogen-bond acceptors (Lipinski definition) is 1. The van der Waals surface area contributed by atoms with Crippen LogP contribution in [-0.4, -0.2) is 6.54 Å². The van der Waals surface area contributed by atoms with Gasteiger partial charge < -0.3 is 5.73 Å². The summed E-state index contributed by atoms with van der Waals surface area (Å²) in [5.41, 5.74) is 6.86. The predicted molar refractivity (Wildman–Crippen MR) is 53.5 cm³/mol. The van der Waals surface area contributed by atoms with Gasteiger partial charge in [-0.2, -0.15) is 0 Å². The summed E-state index contributed by atoms with van der Waals surface area (Å²) in [5, 5.41) is 0.772. The standard InChI is InChI=1S/C10H14ClN/c1-10(2,7-12)8-4-3-5-9(11)6-8/h3-6H,7,12H2,1-2H3. The maximum atomic E-state index is 5.87. The number of rotatable bonds is 2. The van der Waals surface area contributed by atoms with Crippen molar-refractivity contribution in [2.24, 2.45) is 5.73 Å². The van der Waals surface area contributed by atoms with Crippen molar-refractivity contribution < 1.29 is 0 Å². The molecule has 0 unspecified atom stereocenters. The van der Waals surface area contributed by atoms with Gasteiger partial charge in [-0.25, -0.2) is 0 Å². The van der Waals surface area contributed by atoms with Gasteiger partial charge in [-0.15, -0.1) is 0 Å². The van der Waals surface area contributed by atoms with Crippen LogP contribution in [0.25, 0.3) is 0 Å². The number of halogens is 1. The highest BCUT2D eigenvalue weighted by Crippen LogP contribution is 2.23. The molecule has 0 aliphatic rings. The van der Waals surface area contributed by atoms with Crippen molar-refractivity contribution in [2.75, 3.05) is 6.54 Å². The molecule has 0 spiro atoms. The van der Waals surface area contributed by atoms with E-state index in [1.807, 2.05) is 18.2 Å². The van der Waals surface area contributed by atoms with Gasteiger partial charge in [0.05, 0.1) is 0 Å². The van der Waals surface area contributed by atoms with Gasteiger partial charge in [-0.3, -0.25) is 0 Å². The minimum absolute atomic E-state index is 0.0188. The van der Waals surface area contributed by atoms with E-state index in [0.717, 1.165) is 5.02 Å². The third-order valence-corrected chi connectivity index (χ3v) is 2.35. The Balaban J connectivity index is 3.03. The molecule has 0 aliphatic carbocycles. The topological polar surface area (TPSA) is 26.0 Å². The van der Waals surface area contributed by atoms with Gasteiger partial charge >= 0.3 is 0 Å². The van der Waals surface area contributed by atoms with Crippen LogP contribution in [-0.2, 0) is 5.41 Å². The van der Waals surface area contributed by atoms with Crippen LogP contribution in [0.3, 0.4) is 0 Å². The molecule has 0 saturated carbocycles. The molecule has 2 heteroatoms. The van der Waals surface area contributed by atoms with Gasteiger partial charge in [0, 0.05) is 17.0 Å². The van der Waals surface area contributed by atoms with Crippen LogP contribution < -0.4 is 5.73 Å². The Labute approximate surface area is 78.5 Å². The molecule has 2 N–H and O–H groups in total. The highest BCUT2D eigenvalue weighted by molar-refractivity contribution is 6.30. The van der Waals surface area contributed by atoms with Gasteiger partial charge in [0.2, 0.25) is 0 Å². The average Bonchev–Trinajstić information content (AvgIpc) is 2.05. The minimum Gasteiger partial charge on any atom is -0.330 e. The molecule has 0 bridgehead atoms. The van der Waals surface area contributed by atoms with Gasteiger partial charge in [0.1, 0.15) is 0 Å². The Morgan fingerprint density at radius 3 is 2.58 bits per heavy atom. The molecule has 0 aliphatic heterocycles. The zero-order valence-electron chi connectivity index (χ0n) is 7.47. The molecular formula is C10H14ClN. The minimum atomic E-state index is 0.0188. The molecule has 1 aromatic rings. The first-order chi connectivity index (χ1) is 5.56. The lowest BCUT2D eigenvalue weighted by molar-refractivity contribution is 0.539. The first-order valence-electron chi connectivity index (χ1n) is 4.02. The fraction of sp³-hybridized carbons (Fsp3) is 0.400. The molecule has 1 rings (SSSR count). The van der Waals surface area contributed by atoms with Crippen LogP contribution in [0.2, 0.25) is 5.02 Å². The Morgan fingerprint density at radius 2 is 2.08 bits per heavy atom. The zero-order valence-corrected chi connectivity index (χ0v) is 8.23. The van der Waals surface area contributed by atoms with Crippen molar-refractivity contribution in [2.45, 2.75) is 19.3 Å². The molecule has 0 saturated heterocycles. The lowest BCUT2D eigenvalue weighted by Crippen LogP contribution is -2.27. The van der Waals surface area contributed by atoms with E-state index in [0.29, 0.717) is 6.54 Å². The molecule has 0 aromatic heterocycles. The fourth-order valence-electron chi connectivity index (χ4n) is 1.03. The lowest BCUT2D eigenvalue weighted by atomic mass is 9.85. The Bertz CT molecular complexity index is 268. The maximum Gasteiger partial charge on any atom is 0.0408 e. The molecule has 0 atom stereocenters. The predicted octanol–water partition coefficient (Wildman–Crippen LogP) is 2.58. The number of hydrogen-bond donors (Lipinski definition) is 1. The van der Waals surface area contributed by atoms with Crippen LogP contribution in [0.15, 0.2) is 24.3 Å². The molecule has 0 amide bonds. The second-order valence-electron chi connectivity index (χ2n) is 3.60.